The van der Waals surface area contributed by atoms with E-state index in [0.717, 1.165) is 23.7 Å². The van der Waals surface area contributed by atoms with Crippen molar-refractivity contribution in [1.29, 1.82) is 0 Å². The van der Waals surface area contributed by atoms with Crippen LogP contribution in [0.4, 0.5) is 11.8 Å². The Morgan fingerprint density at radius 2 is 1.73 bits per heavy atom. The lowest BCUT2D eigenvalue weighted by Gasteiger charge is -2.27. The van der Waals surface area contributed by atoms with Gasteiger partial charge in [0, 0.05) is 11.3 Å². The van der Waals surface area contributed by atoms with Gasteiger partial charge in [-0.3, -0.25) is 0 Å². The number of nitrogens with two attached hydrogens (primary N) is 2. The van der Waals surface area contributed by atoms with Crippen LogP contribution in [0, 0.1) is 0 Å². The molecule has 0 unspecified atom stereocenters. The first-order chi connectivity index (χ1) is 10.7. The molecule has 2 aromatic carbocycles. The van der Waals surface area contributed by atoms with Crippen LogP contribution in [0.2, 0.25) is 0 Å². The highest BCUT2D eigenvalue weighted by atomic mass is 15.0. The summed E-state index contributed by atoms with van der Waals surface area (Å²) in [5.41, 5.74) is 16.8. The van der Waals surface area contributed by atoms with Gasteiger partial charge < -0.3 is 11.5 Å². The largest absolute Gasteiger partial charge is 0.383 e. The Labute approximate surface area is 129 Å². The van der Waals surface area contributed by atoms with Crippen LogP contribution in [-0.4, -0.2) is 9.97 Å². The topological polar surface area (TPSA) is 77.8 Å². The lowest BCUT2D eigenvalue weighted by Crippen LogP contribution is -2.12. The van der Waals surface area contributed by atoms with E-state index in [1.165, 1.54) is 23.1 Å². The maximum Gasteiger partial charge on any atom is 0.222 e. The molecule has 110 valence electrons. The molecule has 1 atom stereocenters. The molecule has 0 fully saturated rings. The van der Waals surface area contributed by atoms with Crippen LogP contribution >= 0.6 is 0 Å². The van der Waals surface area contributed by atoms with Gasteiger partial charge in [0.25, 0.3) is 0 Å². The summed E-state index contributed by atoms with van der Waals surface area (Å²) in [6.45, 7) is 0. The van der Waals surface area contributed by atoms with Gasteiger partial charge in [0.1, 0.15) is 5.82 Å². The number of hydrogen-bond acceptors (Lipinski definition) is 4. The van der Waals surface area contributed by atoms with Crippen molar-refractivity contribution in [2.24, 2.45) is 0 Å². The van der Waals surface area contributed by atoms with Gasteiger partial charge in [-0.05, 0) is 42.0 Å². The van der Waals surface area contributed by atoms with Crippen molar-refractivity contribution >= 4 is 22.7 Å². The van der Waals surface area contributed by atoms with Crippen molar-refractivity contribution in [3.05, 3.63) is 59.2 Å². The van der Waals surface area contributed by atoms with E-state index < -0.39 is 0 Å². The van der Waals surface area contributed by atoms with Crippen LogP contribution in [0.25, 0.3) is 10.9 Å². The van der Waals surface area contributed by atoms with E-state index in [9.17, 15) is 0 Å². The lowest BCUT2D eigenvalue weighted by atomic mass is 9.78. The smallest absolute Gasteiger partial charge is 0.222 e. The number of hydrogen-bond donors (Lipinski definition) is 2. The normalized spacial score (nSPS) is 17.4. The number of fused-ring (bicyclic) bond motifs is 2. The Morgan fingerprint density at radius 3 is 2.64 bits per heavy atom. The maximum atomic E-state index is 6.15. The number of rotatable bonds is 1. The summed E-state index contributed by atoms with van der Waals surface area (Å²) in [6, 6.07) is 14.8. The number of anilines is 2. The molecule has 1 aliphatic carbocycles. The molecule has 4 rings (SSSR count). The van der Waals surface area contributed by atoms with E-state index >= 15 is 0 Å². The summed E-state index contributed by atoms with van der Waals surface area (Å²) < 4.78 is 0. The summed E-state index contributed by atoms with van der Waals surface area (Å²) in [5.74, 6) is 1.05. The molecule has 1 heterocycles. The molecule has 22 heavy (non-hydrogen) atoms. The number of nitrogen functional groups attached to an aromatic ring is 2. The fourth-order valence-corrected chi connectivity index (χ4v) is 3.62. The van der Waals surface area contributed by atoms with E-state index in [-0.39, 0.29) is 5.95 Å². The molecule has 0 amide bonds. The van der Waals surface area contributed by atoms with Gasteiger partial charge in [0.2, 0.25) is 5.95 Å². The molecule has 4 heteroatoms. The summed E-state index contributed by atoms with van der Waals surface area (Å²) >= 11 is 0. The summed E-state index contributed by atoms with van der Waals surface area (Å²) in [6.07, 6.45) is 3.46. The van der Waals surface area contributed by atoms with Gasteiger partial charge in [-0.15, -0.1) is 0 Å². The van der Waals surface area contributed by atoms with Crippen LogP contribution in [0.5, 0.6) is 0 Å². The average Bonchev–Trinajstić information content (AvgIpc) is 2.53. The van der Waals surface area contributed by atoms with Crippen molar-refractivity contribution < 1.29 is 0 Å². The molecule has 0 saturated carbocycles. The minimum atomic E-state index is 0.228. The Kier molecular flexibility index (Phi) is 2.96. The molecular formula is C18H18N4. The van der Waals surface area contributed by atoms with Crippen molar-refractivity contribution in [3.8, 4) is 0 Å². The Balaban J connectivity index is 1.96. The zero-order valence-electron chi connectivity index (χ0n) is 12.3. The van der Waals surface area contributed by atoms with Crippen LogP contribution in [0.15, 0.2) is 42.5 Å². The second-order valence-electron chi connectivity index (χ2n) is 5.85. The number of aryl methyl sites for hydroxylation is 1. The average molecular weight is 290 g/mol. The zero-order chi connectivity index (χ0) is 15.1. The van der Waals surface area contributed by atoms with Crippen LogP contribution in [-0.2, 0) is 6.42 Å². The number of benzene rings is 2. The maximum absolute atomic E-state index is 6.15. The highest BCUT2D eigenvalue weighted by molar-refractivity contribution is 5.92. The summed E-state index contributed by atoms with van der Waals surface area (Å²) in [4.78, 5) is 8.49. The van der Waals surface area contributed by atoms with Gasteiger partial charge in [-0.2, -0.15) is 4.98 Å². The first kappa shape index (κ1) is 13.1. The quantitative estimate of drug-likeness (QED) is 0.721. The van der Waals surface area contributed by atoms with Crippen molar-refractivity contribution in [3.63, 3.8) is 0 Å². The Bertz CT molecular complexity index is 857. The lowest BCUT2D eigenvalue weighted by molar-refractivity contribution is 0.619. The fraction of sp³-hybridized carbons (Fsp3) is 0.222. The van der Waals surface area contributed by atoms with E-state index in [1.807, 2.05) is 12.1 Å². The van der Waals surface area contributed by atoms with Crippen LogP contribution < -0.4 is 11.5 Å². The predicted octanol–water partition coefficient (Wildman–Crippen LogP) is 3.26. The molecule has 1 aliphatic rings. The highest BCUT2D eigenvalue weighted by Gasteiger charge is 2.24. The molecule has 4 nitrogen and oxygen atoms in total. The van der Waals surface area contributed by atoms with Gasteiger partial charge in [-0.1, -0.05) is 36.4 Å². The van der Waals surface area contributed by atoms with Gasteiger partial charge in [0.15, 0.2) is 0 Å². The minimum absolute atomic E-state index is 0.228. The second-order valence-corrected chi connectivity index (χ2v) is 5.85. The zero-order valence-corrected chi connectivity index (χ0v) is 12.3. The van der Waals surface area contributed by atoms with Crippen LogP contribution in [0.1, 0.15) is 35.4 Å². The van der Waals surface area contributed by atoms with Gasteiger partial charge >= 0.3 is 0 Å². The van der Waals surface area contributed by atoms with Crippen molar-refractivity contribution in [2.45, 2.75) is 25.2 Å². The third-order valence-electron chi connectivity index (χ3n) is 4.55. The molecule has 0 radical (unpaired) electrons. The molecule has 4 N–H and O–H groups in total. The van der Waals surface area contributed by atoms with E-state index in [2.05, 4.69) is 40.3 Å². The molecule has 3 aromatic rings. The predicted molar refractivity (Wildman–Crippen MR) is 89.6 cm³/mol. The van der Waals surface area contributed by atoms with Gasteiger partial charge in [0.05, 0.1) is 5.52 Å². The van der Waals surface area contributed by atoms with Crippen molar-refractivity contribution in [2.75, 3.05) is 11.5 Å². The first-order valence-corrected chi connectivity index (χ1v) is 7.63. The van der Waals surface area contributed by atoms with E-state index in [4.69, 9.17) is 11.5 Å². The Morgan fingerprint density at radius 1 is 0.909 bits per heavy atom. The molecule has 0 spiro atoms. The summed E-state index contributed by atoms with van der Waals surface area (Å²) in [7, 11) is 0. The summed E-state index contributed by atoms with van der Waals surface area (Å²) in [5, 5.41) is 0.943. The third kappa shape index (κ3) is 1.99. The third-order valence-corrected chi connectivity index (χ3v) is 4.55. The number of aromatic nitrogens is 2. The Hall–Kier alpha value is -2.62. The number of nitrogens with zero attached hydrogens (tertiary/aromatic N) is 2. The monoisotopic (exact) mass is 290 g/mol. The standard InChI is InChI=1S/C18H18N4/c19-17-16-14(9-4-10-15(16)21-18(20)22-17)13-8-3-6-11-5-1-2-7-12(11)13/h1-2,4-5,7,9-10,13H,3,6,8H2,(H4,19,20,21,22)/t13-/m1/s1. The first-order valence-electron chi connectivity index (χ1n) is 7.63. The van der Waals surface area contributed by atoms with E-state index in [0.29, 0.717) is 11.7 Å². The molecule has 0 bridgehead atoms. The molecule has 1 aromatic heterocycles. The van der Waals surface area contributed by atoms with Crippen molar-refractivity contribution in [1.82, 2.24) is 9.97 Å². The fourth-order valence-electron chi connectivity index (χ4n) is 3.62. The molecule has 0 saturated heterocycles. The van der Waals surface area contributed by atoms with E-state index in [1.54, 1.807) is 0 Å². The SMILES string of the molecule is Nc1nc(N)c2c([C@@H]3CCCc4ccccc43)cccc2n1. The minimum Gasteiger partial charge on any atom is -0.383 e. The van der Waals surface area contributed by atoms with Crippen LogP contribution in [0.3, 0.4) is 0 Å². The molecule has 0 aliphatic heterocycles. The molecular weight excluding hydrogens is 272 g/mol. The van der Waals surface area contributed by atoms with Gasteiger partial charge in [-0.25, -0.2) is 4.98 Å². The second kappa shape index (κ2) is 4.98. The highest BCUT2D eigenvalue weighted by Crippen LogP contribution is 2.40.